The lowest BCUT2D eigenvalue weighted by molar-refractivity contribution is 0.0939. The van der Waals surface area contributed by atoms with Crippen LogP contribution in [0.25, 0.3) is 0 Å². The van der Waals surface area contributed by atoms with Crippen molar-refractivity contribution < 1.29 is 9.53 Å². The SMILES string of the molecule is Cc1ccc(C)c(C(C)NC(=O)c2cccc(OC(C)C)c2)c1. The Kier molecular flexibility index (Phi) is 5.43. The summed E-state index contributed by atoms with van der Waals surface area (Å²) in [6, 6.07) is 13.5. The van der Waals surface area contributed by atoms with Crippen LogP contribution in [0.5, 0.6) is 5.75 Å². The van der Waals surface area contributed by atoms with Crippen LogP contribution in [0.3, 0.4) is 0 Å². The zero-order valence-corrected chi connectivity index (χ0v) is 14.5. The van der Waals surface area contributed by atoms with Gasteiger partial charge in [0.15, 0.2) is 0 Å². The second-order valence-corrected chi connectivity index (χ2v) is 6.25. The number of benzene rings is 2. The molecule has 0 aromatic heterocycles. The van der Waals surface area contributed by atoms with Crippen LogP contribution in [-0.2, 0) is 0 Å². The number of rotatable bonds is 5. The maximum atomic E-state index is 12.5. The molecule has 1 atom stereocenters. The van der Waals surface area contributed by atoms with Crippen LogP contribution in [0.15, 0.2) is 42.5 Å². The normalized spacial score (nSPS) is 12.1. The zero-order valence-electron chi connectivity index (χ0n) is 14.5. The molecule has 3 heteroatoms. The van der Waals surface area contributed by atoms with Crippen LogP contribution in [-0.4, -0.2) is 12.0 Å². The van der Waals surface area contributed by atoms with Crippen LogP contribution in [0.2, 0.25) is 0 Å². The lowest BCUT2D eigenvalue weighted by Gasteiger charge is -2.18. The Labute approximate surface area is 138 Å². The molecule has 0 spiro atoms. The Hall–Kier alpha value is -2.29. The minimum Gasteiger partial charge on any atom is -0.491 e. The molecule has 1 amide bonds. The summed E-state index contributed by atoms with van der Waals surface area (Å²) in [6.45, 7) is 10.1. The number of ether oxygens (including phenoxy) is 1. The molecular weight excluding hydrogens is 286 g/mol. The quantitative estimate of drug-likeness (QED) is 0.877. The van der Waals surface area contributed by atoms with Gasteiger partial charge in [-0.3, -0.25) is 4.79 Å². The van der Waals surface area contributed by atoms with Crippen LogP contribution >= 0.6 is 0 Å². The Morgan fingerprint density at radius 2 is 1.78 bits per heavy atom. The largest absolute Gasteiger partial charge is 0.491 e. The highest BCUT2D eigenvalue weighted by atomic mass is 16.5. The molecule has 1 unspecified atom stereocenters. The molecule has 23 heavy (non-hydrogen) atoms. The molecule has 0 radical (unpaired) electrons. The third kappa shape index (κ3) is 4.59. The molecule has 0 saturated heterocycles. The molecule has 122 valence electrons. The van der Waals surface area contributed by atoms with Crippen molar-refractivity contribution in [3.63, 3.8) is 0 Å². The topological polar surface area (TPSA) is 38.3 Å². The number of carbonyl (C=O) groups excluding carboxylic acids is 1. The number of amides is 1. The lowest BCUT2D eigenvalue weighted by atomic mass is 9.99. The van der Waals surface area contributed by atoms with E-state index in [1.54, 1.807) is 12.1 Å². The zero-order chi connectivity index (χ0) is 17.0. The van der Waals surface area contributed by atoms with Crippen molar-refractivity contribution in [3.05, 3.63) is 64.7 Å². The summed E-state index contributed by atoms with van der Waals surface area (Å²) in [6.07, 6.45) is 0.0854. The molecule has 0 bridgehead atoms. The second-order valence-electron chi connectivity index (χ2n) is 6.25. The number of nitrogens with one attached hydrogen (secondary N) is 1. The van der Waals surface area contributed by atoms with Crippen molar-refractivity contribution in [2.24, 2.45) is 0 Å². The summed E-state index contributed by atoms with van der Waals surface area (Å²) in [5.74, 6) is 0.625. The fourth-order valence-electron chi connectivity index (χ4n) is 2.57. The number of hydrogen-bond donors (Lipinski definition) is 1. The predicted octanol–water partition coefficient (Wildman–Crippen LogP) is 4.58. The first-order valence-electron chi connectivity index (χ1n) is 8.01. The van der Waals surface area contributed by atoms with E-state index in [1.165, 1.54) is 11.1 Å². The van der Waals surface area contributed by atoms with Gasteiger partial charge in [-0.25, -0.2) is 0 Å². The van der Waals surface area contributed by atoms with Gasteiger partial charge in [0, 0.05) is 5.56 Å². The van der Waals surface area contributed by atoms with Gasteiger partial charge in [0.05, 0.1) is 12.1 Å². The Morgan fingerprint density at radius 3 is 2.48 bits per heavy atom. The molecular formula is C20H25NO2. The lowest BCUT2D eigenvalue weighted by Crippen LogP contribution is -2.27. The number of aryl methyl sites for hydroxylation is 2. The average Bonchev–Trinajstić information content (AvgIpc) is 2.49. The van der Waals surface area contributed by atoms with Crippen molar-refractivity contribution in [2.75, 3.05) is 0 Å². The monoisotopic (exact) mass is 311 g/mol. The highest BCUT2D eigenvalue weighted by Gasteiger charge is 2.14. The van der Waals surface area contributed by atoms with Crippen LogP contribution in [0.4, 0.5) is 0 Å². The van der Waals surface area contributed by atoms with Crippen LogP contribution < -0.4 is 10.1 Å². The van der Waals surface area contributed by atoms with Gasteiger partial charge >= 0.3 is 0 Å². The first-order chi connectivity index (χ1) is 10.9. The minimum absolute atomic E-state index is 0.0444. The van der Waals surface area contributed by atoms with E-state index in [2.05, 4.69) is 37.4 Å². The van der Waals surface area contributed by atoms with Crippen molar-refractivity contribution in [1.29, 1.82) is 0 Å². The first-order valence-corrected chi connectivity index (χ1v) is 8.01. The van der Waals surface area contributed by atoms with Crippen LogP contribution in [0.1, 0.15) is 53.9 Å². The van der Waals surface area contributed by atoms with Gasteiger partial charge in [0.2, 0.25) is 0 Å². The molecule has 2 aromatic carbocycles. The minimum atomic E-state index is -0.0902. The van der Waals surface area contributed by atoms with Crippen molar-refractivity contribution >= 4 is 5.91 Å². The van der Waals surface area contributed by atoms with Gasteiger partial charge in [-0.1, -0.05) is 29.8 Å². The Bertz CT molecular complexity index is 692. The molecule has 0 fully saturated rings. The number of hydrogen-bond acceptors (Lipinski definition) is 2. The molecule has 2 aromatic rings. The van der Waals surface area contributed by atoms with Gasteiger partial charge in [-0.15, -0.1) is 0 Å². The first kappa shape index (κ1) is 17.1. The highest BCUT2D eigenvalue weighted by Crippen LogP contribution is 2.20. The molecule has 0 aliphatic rings. The van der Waals surface area contributed by atoms with E-state index in [1.807, 2.05) is 32.9 Å². The van der Waals surface area contributed by atoms with E-state index in [0.717, 1.165) is 5.56 Å². The van der Waals surface area contributed by atoms with Crippen molar-refractivity contribution in [2.45, 2.75) is 46.8 Å². The van der Waals surface area contributed by atoms with E-state index in [4.69, 9.17) is 4.74 Å². The Balaban J connectivity index is 2.13. The molecule has 0 heterocycles. The van der Waals surface area contributed by atoms with E-state index in [-0.39, 0.29) is 18.1 Å². The maximum absolute atomic E-state index is 12.5. The summed E-state index contributed by atoms with van der Waals surface area (Å²) in [5, 5.41) is 3.07. The standard InChI is InChI=1S/C20H25NO2/c1-13(2)23-18-8-6-7-17(12-18)20(22)21-16(5)19-11-14(3)9-10-15(19)4/h6-13,16H,1-5H3,(H,21,22). The van der Waals surface area contributed by atoms with Gasteiger partial charge in [-0.2, -0.15) is 0 Å². The van der Waals surface area contributed by atoms with Gasteiger partial charge < -0.3 is 10.1 Å². The van der Waals surface area contributed by atoms with Gasteiger partial charge in [-0.05, 0) is 63.9 Å². The Morgan fingerprint density at radius 1 is 1.04 bits per heavy atom. The average molecular weight is 311 g/mol. The summed E-state index contributed by atoms with van der Waals surface area (Å²) in [7, 11) is 0. The van der Waals surface area contributed by atoms with E-state index in [0.29, 0.717) is 11.3 Å². The van der Waals surface area contributed by atoms with E-state index in [9.17, 15) is 4.79 Å². The molecule has 1 N–H and O–H groups in total. The second kappa shape index (κ2) is 7.32. The van der Waals surface area contributed by atoms with Gasteiger partial charge in [0.1, 0.15) is 5.75 Å². The smallest absolute Gasteiger partial charge is 0.251 e. The van der Waals surface area contributed by atoms with Gasteiger partial charge in [0.25, 0.3) is 5.91 Å². The van der Waals surface area contributed by atoms with Crippen molar-refractivity contribution in [1.82, 2.24) is 5.32 Å². The molecule has 0 saturated carbocycles. The maximum Gasteiger partial charge on any atom is 0.251 e. The predicted molar refractivity (Wildman–Crippen MR) is 94.0 cm³/mol. The summed E-state index contributed by atoms with van der Waals surface area (Å²) < 4.78 is 5.65. The van der Waals surface area contributed by atoms with Crippen LogP contribution in [0, 0.1) is 13.8 Å². The summed E-state index contributed by atoms with van der Waals surface area (Å²) in [5.41, 5.74) is 4.13. The summed E-state index contributed by atoms with van der Waals surface area (Å²) >= 11 is 0. The van der Waals surface area contributed by atoms with E-state index < -0.39 is 0 Å². The third-order valence-electron chi connectivity index (χ3n) is 3.72. The van der Waals surface area contributed by atoms with E-state index >= 15 is 0 Å². The number of carbonyl (C=O) groups is 1. The molecule has 0 aliphatic heterocycles. The molecule has 3 nitrogen and oxygen atoms in total. The summed E-state index contributed by atoms with van der Waals surface area (Å²) in [4.78, 5) is 12.5. The molecule has 0 aliphatic carbocycles. The fourth-order valence-corrected chi connectivity index (χ4v) is 2.57. The third-order valence-corrected chi connectivity index (χ3v) is 3.72. The molecule has 2 rings (SSSR count). The fraction of sp³-hybridized carbons (Fsp3) is 0.350. The van der Waals surface area contributed by atoms with Crippen molar-refractivity contribution in [3.8, 4) is 5.75 Å². The highest BCUT2D eigenvalue weighted by molar-refractivity contribution is 5.94.